The number of anilines is 2. The zero-order valence-corrected chi connectivity index (χ0v) is 19.6. The molecule has 0 saturated carbocycles. The summed E-state index contributed by atoms with van der Waals surface area (Å²) < 4.78 is 4.90. The first-order valence-corrected chi connectivity index (χ1v) is 10.2. The van der Waals surface area contributed by atoms with Crippen LogP contribution in [0, 0.1) is 11.3 Å². The Kier molecular flexibility index (Phi) is 9.14. The summed E-state index contributed by atoms with van der Waals surface area (Å²) in [4.78, 5) is 29.1. The van der Waals surface area contributed by atoms with Crippen LogP contribution in [-0.2, 0) is 20.9 Å². The topological polar surface area (TPSA) is 61.9 Å². The van der Waals surface area contributed by atoms with Crippen molar-refractivity contribution in [1.82, 2.24) is 4.90 Å². The van der Waals surface area contributed by atoms with Crippen molar-refractivity contribution in [2.45, 2.75) is 60.5 Å². The molecular formula is C23H39N3O3. The Morgan fingerprint density at radius 2 is 1.76 bits per heavy atom. The highest BCUT2D eigenvalue weighted by molar-refractivity contribution is 5.92. The second kappa shape index (κ2) is 10.6. The molecular weight excluding hydrogens is 366 g/mol. The third kappa shape index (κ3) is 8.05. The molecule has 1 atom stereocenters. The number of carbonyl (C=O) groups is 2. The summed E-state index contributed by atoms with van der Waals surface area (Å²) in [5, 5.41) is 2.86. The number of hydrogen-bond acceptors (Lipinski definition) is 4. The molecule has 0 heterocycles. The van der Waals surface area contributed by atoms with Crippen molar-refractivity contribution in [3.8, 4) is 0 Å². The van der Waals surface area contributed by atoms with Crippen LogP contribution >= 0.6 is 0 Å². The highest BCUT2D eigenvalue weighted by Crippen LogP contribution is 2.28. The molecule has 1 aromatic rings. The van der Waals surface area contributed by atoms with Crippen LogP contribution in [0.4, 0.5) is 11.4 Å². The lowest BCUT2D eigenvalue weighted by Gasteiger charge is -2.35. The van der Waals surface area contributed by atoms with E-state index in [1.165, 1.54) is 7.11 Å². The molecule has 0 aromatic heterocycles. The van der Waals surface area contributed by atoms with Crippen LogP contribution in [0.2, 0.25) is 0 Å². The third-order valence-electron chi connectivity index (χ3n) is 4.92. The van der Waals surface area contributed by atoms with Gasteiger partial charge in [0.25, 0.3) is 0 Å². The molecule has 2 amide bonds. The van der Waals surface area contributed by atoms with Gasteiger partial charge in [-0.15, -0.1) is 0 Å². The van der Waals surface area contributed by atoms with Crippen LogP contribution in [0.3, 0.4) is 0 Å². The Balaban J connectivity index is 3.26. The number of methoxy groups -OCH3 is 1. The van der Waals surface area contributed by atoms with E-state index in [4.69, 9.17) is 4.74 Å². The predicted molar refractivity (Wildman–Crippen MR) is 120 cm³/mol. The molecule has 0 aliphatic heterocycles. The Bertz CT molecular complexity index is 693. The third-order valence-corrected chi connectivity index (χ3v) is 4.92. The van der Waals surface area contributed by atoms with Crippen molar-refractivity contribution < 1.29 is 14.3 Å². The van der Waals surface area contributed by atoms with Crippen molar-refractivity contribution in [2.75, 3.05) is 38.0 Å². The number of nitrogens with one attached hydrogen (secondary N) is 1. The van der Waals surface area contributed by atoms with Gasteiger partial charge in [-0.3, -0.25) is 9.59 Å². The highest BCUT2D eigenvalue weighted by Gasteiger charge is 2.27. The normalized spacial score (nSPS) is 12.6. The van der Waals surface area contributed by atoms with Gasteiger partial charge >= 0.3 is 0 Å². The molecule has 0 radical (unpaired) electrons. The molecule has 164 valence electrons. The number of carbonyl (C=O) groups excluding carboxylic acids is 2. The average Bonchev–Trinajstić information content (AvgIpc) is 2.57. The Labute approximate surface area is 176 Å². The molecule has 0 aliphatic carbocycles. The van der Waals surface area contributed by atoms with Gasteiger partial charge < -0.3 is 19.9 Å². The first-order chi connectivity index (χ1) is 13.4. The molecule has 1 N–H and O–H groups in total. The second-order valence-corrected chi connectivity index (χ2v) is 9.46. The van der Waals surface area contributed by atoms with Gasteiger partial charge in [0.15, 0.2) is 0 Å². The second-order valence-electron chi connectivity index (χ2n) is 9.46. The molecule has 29 heavy (non-hydrogen) atoms. The molecule has 1 unspecified atom stereocenters. The first kappa shape index (κ1) is 25.0. The number of benzene rings is 1. The van der Waals surface area contributed by atoms with Gasteiger partial charge in [0.05, 0.1) is 0 Å². The summed E-state index contributed by atoms with van der Waals surface area (Å²) in [6, 6.07) is 5.91. The molecule has 0 fully saturated rings. The Morgan fingerprint density at radius 3 is 2.24 bits per heavy atom. The van der Waals surface area contributed by atoms with E-state index in [0.29, 0.717) is 24.6 Å². The van der Waals surface area contributed by atoms with E-state index in [2.05, 4.69) is 46.9 Å². The lowest BCUT2D eigenvalue weighted by molar-refractivity contribution is -0.136. The summed E-state index contributed by atoms with van der Waals surface area (Å²) in [5.74, 6) is 0.288. The largest absolute Gasteiger partial charge is 0.377 e. The van der Waals surface area contributed by atoms with E-state index in [-0.39, 0.29) is 29.9 Å². The van der Waals surface area contributed by atoms with Gasteiger partial charge in [0, 0.05) is 51.6 Å². The summed E-state index contributed by atoms with van der Waals surface area (Å²) in [7, 11) is 5.45. The lowest BCUT2D eigenvalue weighted by atomic mass is 9.90. The van der Waals surface area contributed by atoms with E-state index in [1.807, 2.05) is 42.1 Å². The molecule has 0 saturated heterocycles. The summed E-state index contributed by atoms with van der Waals surface area (Å²) >= 11 is 0. The minimum absolute atomic E-state index is 0.00530. The van der Waals surface area contributed by atoms with Crippen LogP contribution in [0.1, 0.15) is 53.5 Å². The van der Waals surface area contributed by atoms with Crippen LogP contribution in [0.5, 0.6) is 0 Å². The van der Waals surface area contributed by atoms with Gasteiger partial charge in [-0.2, -0.15) is 0 Å². The Morgan fingerprint density at radius 1 is 1.14 bits per heavy atom. The van der Waals surface area contributed by atoms with Gasteiger partial charge in [0.1, 0.15) is 6.61 Å². The minimum Gasteiger partial charge on any atom is -0.377 e. The molecule has 1 rings (SSSR count). The number of hydrogen-bond donors (Lipinski definition) is 1. The standard InChI is InChI=1S/C23H39N3O3/c1-16(2)17(3)26(22(28)13-23(4,5)6)14-18-12-19(24-21(27)15-29-9)10-11-20(18)25(7)8/h10-12,16-17H,13-15H2,1-9H3,(H,24,27). The van der Waals surface area contributed by atoms with Gasteiger partial charge in [-0.05, 0) is 42.0 Å². The van der Waals surface area contributed by atoms with Crippen molar-refractivity contribution in [3.63, 3.8) is 0 Å². The van der Waals surface area contributed by atoms with Crippen LogP contribution < -0.4 is 10.2 Å². The molecule has 0 bridgehead atoms. The summed E-state index contributed by atoms with van der Waals surface area (Å²) in [5.41, 5.74) is 2.65. The lowest BCUT2D eigenvalue weighted by Crippen LogP contribution is -2.42. The summed E-state index contributed by atoms with van der Waals surface area (Å²) in [6.45, 7) is 13.1. The van der Waals surface area contributed by atoms with Crippen molar-refractivity contribution in [2.24, 2.45) is 11.3 Å². The smallest absolute Gasteiger partial charge is 0.250 e. The fourth-order valence-corrected chi connectivity index (χ4v) is 3.11. The van der Waals surface area contributed by atoms with E-state index in [9.17, 15) is 9.59 Å². The quantitative estimate of drug-likeness (QED) is 0.670. The monoisotopic (exact) mass is 405 g/mol. The molecule has 0 spiro atoms. The number of ether oxygens (including phenoxy) is 1. The van der Waals surface area contributed by atoms with E-state index < -0.39 is 0 Å². The van der Waals surface area contributed by atoms with E-state index in [1.54, 1.807) is 0 Å². The predicted octanol–water partition coefficient (Wildman–Crippen LogP) is 4.15. The minimum atomic E-state index is -0.202. The molecule has 0 aliphatic rings. The maximum absolute atomic E-state index is 13.2. The highest BCUT2D eigenvalue weighted by atomic mass is 16.5. The number of rotatable bonds is 9. The van der Waals surface area contributed by atoms with Crippen LogP contribution in [0.25, 0.3) is 0 Å². The fourth-order valence-electron chi connectivity index (χ4n) is 3.11. The number of amides is 2. The molecule has 6 nitrogen and oxygen atoms in total. The van der Waals surface area contributed by atoms with Crippen LogP contribution in [0.15, 0.2) is 18.2 Å². The van der Waals surface area contributed by atoms with Gasteiger partial charge in [-0.1, -0.05) is 34.6 Å². The SMILES string of the molecule is COCC(=O)Nc1ccc(N(C)C)c(CN(C(=O)CC(C)(C)C)C(C)C(C)C)c1. The van der Waals surface area contributed by atoms with Crippen molar-refractivity contribution in [3.05, 3.63) is 23.8 Å². The average molecular weight is 406 g/mol. The van der Waals surface area contributed by atoms with Gasteiger partial charge in [-0.25, -0.2) is 0 Å². The van der Waals surface area contributed by atoms with Crippen molar-refractivity contribution in [1.29, 1.82) is 0 Å². The first-order valence-electron chi connectivity index (χ1n) is 10.2. The summed E-state index contributed by atoms with van der Waals surface area (Å²) in [6.07, 6.45) is 0.492. The van der Waals surface area contributed by atoms with Gasteiger partial charge in [0.2, 0.25) is 11.8 Å². The number of nitrogens with zero attached hydrogens (tertiary/aromatic N) is 2. The maximum atomic E-state index is 13.2. The van der Waals surface area contributed by atoms with Crippen molar-refractivity contribution >= 4 is 23.2 Å². The maximum Gasteiger partial charge on any atom is 0.250 e. The van der Waals surface area contributed by atoms with E-state index in [0.717, 1.165) is 11.3 Å². The van der Waals surface area contributed by atoms with E-state index >= 15 is 0 Å². The molecule has 1 aromatic carbocycles. The zero-order valence-electron chi connectivity index (χ0n) is 19.6. The Hall–Kier alpha value is -2.08. The van der Waals surface area contributed by atoms with Crippen LogP contribution in [-0.4, -0.2) is 50.6 Å². The molecule has 6 heteroatoms. The zero-order chi connectivity index (χ0) is 22.4. The fraction of sp³-hybridized carbons (Fsp3) is 0.652.